The monoisotopic (exact) mass is 569 g/mol. The van der Waals surface area contributed by atoms with E-state index in [1.807, 2.05) is 26.5 Å². The van der Waals surface area contributed by atoms with E-state index in [4.69, 9.17) is 9.97 Å². The van der Waals surface area contributed by atoms with Gasteiger partial charge in [-0.25, -0.2) is 22.9 Å². The first-order chi connectivity index (χ1) is 18.8. The minimum atomic E-state index is -0.925. The Balaban J connectivity index is 1.34. The summed E-state index contributed by atoms with van der Waals surface area (Å²) in [5, 5.41) is 2.85. The topological polar surface area (TPSA) is 60.2 Å². The standard InChI is InChI=1S/C28H36FN7OS2/c1-5-24-27(33(4)28-31-25(20-38-28)21-7-9-22(29)10-8-21)36-19-23(11-12-26(36)30-24)34-14-16-35(17-15-34)39(37)18-6-13-32(2)3/h7-12,19-20H,5-6,13-18H2,1-4H3. The van der Waals surface area contributed by atoms with Gasteiger partial charge in [0.25, 0.3) is 0 Å². The first-order valence-electron chi connectivity index (χ1n) is 13.3. The van der Waals surface area contributed by atoms with E-state index in [0.29, 0.717) is 5.75 Å². The fourth-order valence-corrected chi connectivity index (χ4v) is 6.90. The van der Waals surface area contributed by atoms with Crippen LogP contribution in [0.2, 0.25) is 0 Å². The Labute approximate surface area is 236 Å². The first-order valence-corrected chi connectivity index (χ1v) is 15.5. The lowest BCUT2D eigenvalue weighted by molar-refractivity contribution is 0.397. The highest BCUT2D eigenvalue weighted by Gasteiger charge is 2.23. The summed E-state index contributed by atoms with van der Waals surface area (Å²) in [5.41, 5.74) is 4.74. The van der Waals surface area contributed by atoms with Gasteiger partial charge in [-0.3, -0.25) is 4.40 Å². The van der Waals surface area contributed by atoms with Gasteiger partial charge in [0.15, 0.2) is 5.13 Å². The van der Waals surface area contributed by atoms with Crippen molar-refractivity contribution in [3.63, 3.8) is 0 Å². The summed E-state index contributed by atoms with van der Waals surface area (Å²) in [5.74, 6) is 1.46. The summed E-state index contributed by atoms with van der Waals surface area (Å²) in [4.78, 5) is 16.3. The lowest BCUT2D eigenvalue weighted by Crippen LogP contribution is -2.47. The molecule has 1 atom stereocenters. The minimum absolute atomic E-state index is 0.255. The molecule has 4 aromatic rings. The number of halogens is 1. The van der Waals surface area contributed by atoms with Crippen LogP contribution in [0.1, 0.15) is 19.0 Å². The molecule has 4 heterocycles. The maximum Gasteiger partial charge on any atom is 0.191 e. The van der Waals surface area contributed by atoms with Crippen LogP contribution in [-0.4, -0.2) is 87.4 Å². The van der Waals surface area contributed by atoms with Gasteiger partial charge in [-0.1, -0.05) is 6.92 Å². The normalized spacial score (nSPS) is 15.4. The maximum absolute atomic E-state index is 13.4. The number of anilines is 3. The molecule has 1 saturated heterocycles. The molecule has 1 aliphatic rings. The van der Waals surface area contributed by atoms with Crippen molar-refractivity contribution in [2.24, 2.45) is 0 Å². The first kappa shape index (κ1) is 27.7. The molecule has 0 bridgehead atoms. The lowest BCUT2D eigenvalue weighted by Gasteiger charge is -2.35. The maximum atomic E-state index is 13.4. The Morgan fingerprint density at radius 1 is 1.03 bits per heavy atom. The number of imidazole rings is 1. The van der Waals surface area contributed by atoms with E-state index in [1.165, 1.54) is 12.1 Å². The zero-order chi connectivity index (χ0) is 27.5. The molecule has 0 aliphatic carbocycles. The Morgan fingerprint density at radius 3 is 2.46 bits per heavy atom. The average molecular weight is 570 g/mol. The van der Waals surface area contributed by atoms with E-state index < -0.39 is 11.0 Å². The molecule has 11 heteroatoms. The summed E-state index contributed by atoms with van der Waals surface area (Å²) in [6.07, 6.45) is 3.90. The van der Waals surface area contributed by atoms with Gasteiger partial charge < -0.3 is 14.7 Å². The molecule has 3 aromatic heterocycles. The van der Waals surface area contributed by atoms with Crippen molar-refractivity contribution in [1.82, 2.24) is 23.6 Å². The molecule has 0 radical (unpaired) electrons. The van der Waals surface area contributed by atoms with Crippen molar-refractivity contribution in [2.75, 3.05) is 69.4 Å². The number of aromatic nitrogens is 3. The third-order valence-corrected chi connectivity index (χ3v) is 9.53. The number of benzene rings is 1. The highest BCUT2D eigenvalue weighted by molar-refractivity contribution is 7.82. The zero-order valence-corrected chi connectivity index (χ0v) is 24.6. The largest absolute Gasteiger partial charge is 0.368 e. The number of piperazine rings is 1. The summed E-state index contributed by atoms with van der Waals surface area (Å²) in [7, 11) is 5.19. The smallest absolute Gasteiger partial charge is 0.191 e. The zero-order valence-electron chi connectivity index (χ0n) is 23.0. The molecular formula is C28H36FN7OS2. The van der Waals surface area contributed by atoms with Crippen molar-refractivity contribution in [2.45, 2.75) is 19.8 Å². The predicted molar refractivity (Wildman–Crippen MR) is 160 cm³/mol. The summed E-state index contributed by atoms with van der Waals surface area (Å²) in [6, 6.07) is 10.6. The number of hydrogen-bond donors (Lipinski definition) is 0. The third-order valence-electron chi connectivity index (χ3n) is 7.03. The van der Waals surface area contributed by atoms with E-state index >= 15 is 0 Å². The second-order valence-electron chi connectivity index (χ2n) is 10.0. The van der Waals surface area contributed by atoms with Crippen molar-refractivity contribution in [3.8, 4) is 11.3 Å². The lowest BCUT2D eigenvalue weighted by atomic mass is 10.2. The number of nitrogens with zero attached hydrogens (tertiary/aromatic N) is 7. The fraction of sp³-hybridized carbons (Fsp3) is 0.429. The van der Waals surface area contributed by atoms with Crippen molar-refractivity contribution < 1.29 is 8.60 Å². The molecule has 1 aliphatic heterocycles. The Kier molecular flexibility index (Phi) is 8.61. The number of thiazole rings is 1. The van der Waals surface area contributed by atoms with Gasteiger partial charge in [0.1, 0.15) is 17.3 Å². The second kappa shape index (κ2) is 12.1. The number of fused-ring (bicyclic) bond motifs is 1. The van der Waals surface area contributed by atoms with Crippen molar-refractivity contribution >= 4 is 44.6 Å². The van der Waals surface area contributed by atoms with Crippen LogP contribution in [0.4, 0.5) is 21.0 Å². The number of pyridine rings is 1. The van der Waals surface area contributed by atoms with Crippen LogP contribution in [0.5, 0.6) is 0 Å². The number of aryl methyl sites for hydroxylation is 1. The quantitative estimate of drug-likeness (QED) is 0.277. The van der Waals surface area contributed by atoms with Crippen molar-refractivity contribution in [1.29, 1.82) is 0 Å². The summed E-state index contributed by atoms with van der Waals surface area (Å²) >= 11 is 1.56. The summed E-state index contributed by atoms with van der Waals surface area (Å²) < 4.78 is 30.4. The van der Waals surface area contributed by atoms with Crippen LogP contribution in [-0.2, 0) is 17.4 Å². The minimum Gasteiger partial charge on any atom is -0.368 e. The van der Waals surface area contributed by atoms with Crippen LogP contribution < -0.4 is 9.80 Å². The molecular weight excluding hydrogens is 533 g/mol. The predicted octanol–water partition coefficient (Wildman–Crippen LogP) is 4.66. The van der Waals surface area contributed by atoms with Crippen molar-refractivity contribution in [3.05, 3.63) is 59.5 Å². The van der Waals surface area contributed by atoms with Gasteiger partial charge in [0, 0.05) is 56.1 Å². The molecule has 0 spiro atoms. The van der Waals surface area contributed by atoms with Crippen LogP contribution in [0.25, 0.3) is 16.9 Å². The van der Waals surface area contributed by atoms with Crippen LogP contribution in [0.3, 0.4) is 0 Å². The van der Waals surface area contributed by atoms with Crippen LogP contribution >= 0.6 is 11.3 Å². The van der Waals surface area contributed by atoms with E-state index in [-0.39, 0.29) is 5.82 Å². The van der Waals surface area contributed by atoms with E-state index in [2.05, 4.69) is 48.7 Å². The molecule has 0 N–H and O–H groups in total. The van der Waals surface area contributed by atoms with Crippen LogP contribution in [0.15, 0.2) is 48.0 Å². The molecule has 208 valence electrons. The van der Waals surface area contributed by atoms with Gasteiger partial charge in [0.05, 0.1) is 28.1 Å². The molecule has 0 saturated carbocycles. The van der Waals surface area contributed by atoms with Gasteiger partial charge in [0.2, 0.25) is 0 Å². The molecule has 1 fully saturated rings. The highest BCUT2D eigenvalue weighted by atomic mass is 32.2. The van der Waals surface area contributed by atoms with Gasteiger partial charge in [-0.05, 0) is 69.9 Å². The third kappa shape index (κ3) is 6.16. The highest BCUT2D eigenvalue weighted by Crippen LogP contribution is 2.34. The molecule has 8 nitrogen and oxygen atoms in total. The molecule has 0 amide bonds. The van der Waals surface area contributed by atoms with Gasteiger partial charge >= 0.3 is 0 Å². The van der Waals surface area contributed by atoms with E-state index in [1.54, 1.807) is 23.5 Å². The number of hydrogen-bond acceptors (Lipinski definition) is 7. The average Bonchev–Trinajstić information content (AvgIpc) is 3.58. The molecule has 1 unspecified atom stereocenters. The Morgan fingerprint density at radius 2 is 1.77 bits per heavy atom. The van der Waals surface area contributed by atoms with Gasteiger partial charge in [-0.2, -0.15) is 0 Å². The molecule has 1 aromatic carbocycles. The molecule has 39 heavy (non-hydrogen) atoms. The van der Waals surface area contributed by atoms with Crippen LogP contribution in [0, 0.1) is 5.82 Å². The number of rotatable bonds is 10. The Bertz CT molecular complexity index is 1430. The Hall–Kier alpha value is -2.86. The van der Waals surface area contributed by atoms with E-state index in [9.17, 15) is 8.60 Å². The molecule has 5 rings (SSSR count). The SMILES string of the molecule is CCc1nc2ccc(N3CCN(S(=O)CCCN(C)C)CC3)cn2c1N(C)c1nc(-c2ccc(F)cc2)cs1. The summed E-state index contributed by atoms with van der Waals surface area (Å²) in [6.45, 7) is 6.31. The van der Waals surface area contributed by atoms with E-state index in [0.717, 1.165) is 84.8 Å². The second-order valence-corrected chi connectivity index (χ2v) is 12.4. The fourth-order valence-electron chi connectivity index (χ4n) is 4.89. The van der Waals surface area contributed by atoms with Gasteiger partial charge in [-0.15, -0.1) is 11.3 Å².